The maximum Gasteiger partial charge on any atom is 0.307 e. The lowest BCUT2D eigenvalue weighted by Crippen LogP contribution is -2.42. The van der Waals surface area contributed by atoms with Crippen LogP contribution in [-0.4, -0.2) is 55.3 Å². The lowest BCUT2D eigenvalue weighted by atomic mass is 10.2. The molecule has 0 aliphatic heterocycles. The summed E-state index contributed by atoms with van der Waals surface area (Å²) in [5.41, 5.74) is 0. The number of carboxylic acids is 1. The quantitative estimate of drug-likeness (QED) is 0.703. The molecule has 0 saturated carbocycles. The van der Waals surface area contributed by atoms with E-state index in [2.05, 4.69) is 0 Å². The summed E-state index contributed by atoms with van der Waals surface area (Å²) < 4.78 is 26.0. The van der Waals surface area contributed by atoms with Crippen LogP contribution in [0.1, 0.15) is 20.3 Å². The molecule has 16 heavy (non-hydrogen) atoms. The standard InChI is InChI=1S/C9H20N2O4S/c1-5-6-10(3)16(14,15)11(4)7-8(2)9(12)13/h8H,5-7H2,1-4H3,(H,12,13). The summed E-state index contributed by atoms with van der Waals surface area (Å²) in [7, 11) is -0.650. The first-order valence-electron chi connectivity index (χ1n) is 5.13. The highest BCUT2D eigenvalue weighted by Crippen LogP contribution is 2.08. The van der Waals surface area contributed by atoms with Crippen LogP contribution in [0.2, 0.25) is 0 Å². The van der Waals surface area contributed by atoms with Crippen molar-refractivity contribution < 1.29 is 18.3 Å². The molecule has 0 aromatic carbocycles. The Kier molecular flexibility index (Phi) is 5.91. The zero-order chi connectivity index (χ0) is 12.9. The summed E-state index contributed by atoms with van der Waals surface area (Å²) in [4.78, 5) is 10.6. The third kappa shape index (κ3) is 4.07. The summed E-state index contributed by atoms with van der Waals surface area (Å²) in [5, 5.41) is 8.70. The van der Waals surface area contributed by atoms with Crippen LogP contribution in [0.3, 0.4) is 0 Å². The van der Waals surface area contributed by atoms with E-state index >= 15 is 0 Å². The van der Waals surface area contributed by atoms with Gasteiger partial charge in [-0.1, -0.05) is 13.8 Å². The van der Waals surface area contributed by atoms with Crippen molar-refractivity contribution in [1.82, 2.24) is 8.61 Å². The lowest BCUT2D eigenvalue weighted by molar-refractivity contribution is -0.141. The third-order valence-corrected chi connectivity index (χ3v) is 4.19. The number of carboxylic acid groups (broad SMARTS) is 1. The number of nitrogens with zero attached hydrogens (tertiary/aromatic N) is 2. The molecule has 1 unspecified atom stereocenters. The van der Waals surface area contributed by atoms with Crippen molar-refractivity contribution in [3.05, 3.63) is 0 Å². The van der Waals surface area contributed by atoms with Gasteiger partial charge in [-0.2, -0.15) is 17.0 Å². The topological polar surface area (TPSA) is 77.9 Å². The minimum absolute atomic E-state index is 0.0221. The lowest BCUT2D eigenvalue weighted by Gasteiger charge is -2.25. The highest BCUT2D eigenvalue weighted by molar-refractivity contribution is 7.86. The maximum absolute atomic E-state index is 11.8. The number of aliphatic carboxylic acids is 1. The summed E-state index contributed by atoms with van der Waals surface area (Å²) >= 11 is 0. The first kappa shape index (κ1) is 15.3. The second-order valence-corrected chi connectivity index (χ2v) is 5.99. The Labute approximate surface area is 97.0 Å². The van der Waals surface area contributed by atoms with Crippen molar-refractivity contribution in [2.45, 2.75) is 20.3 Å². The van der Waals surface area contributed by atoms with Gasteiger partial charge >= 0.3 is 5.97 Å². The molecule has 6 nitrogen and oxygen atoms in total. The number of carbonyl (C=O) groups is 1. The molecule has 1 atom stereocenters. The molecule has 0 saturated heterocycles. The Morgan fingerprint density at radius 1 is 1.31 bits per heavy atom. The van der Waals surface area contributed by atoms with Gasteiger partial charge in [0.2, 0.25) is 0 Å². The number of hydrogen-bond donors (Lipinski definition) is 1. The van der Waals surface area contributed by atoms with E-state index in [-0.39, 0.29) is 6.54 Å². The van der Waals surface area contributed by atoms with Crippen LogP contribution in [0, 0.1) is 5.92 Å². The zero-order valence-corrected chi connectivity index (χ0v) is 11.0. The molecule has 0 aliphatic rings. The van der Waals surface area contributed by atoms with E-state index in [9.17, 15) is 13.2 Å². The van der Waals surface area contributed by atoms with Gasteiger partial charge in [0.05, 0.1) is 5.92 Å². The normalized spacial score (nSPS) is 14.4. The Morgan fingerprint density at radius 2 is 1.81 bits per heavy atom. The van der Waals surface area contributed by atoms with E-state index < -0.39 is 22.1 Å². The molecular formula is C9H20N2O4S. The molecular weight excluding hydrogens is 232 g/mol. The first-order valence-corrected chi connectivity index (χ1v) is 6.53. The van der Waals surface area contributed by atoms with Crippen molar-refractivity contribution in [3.8, 4) is 0 Å². The van der Waals surface area contributed by atoms with Gasteiger partial charge in [-0.15, -0.1) is 0 Å². The van der Waals surface area contributed by atoms with Crippen LogP contribution in [0.25, 0.3) is 0 Å². The molecule has 1 N–H and O–H groups in total. The van der Waals surface area contributed by atoms with Crippen molar-refractivity contribution >= 4 is 16.2 Å². The van der Waals surface area contributed by atoms with Crippen LogP contribution in [0.4, 0.5) is 0 Å². The molecule has 0 aromatic heterocycles. The molecule has 0 rings (SSSR count). The van der Waals surface area contributed by atoms with Gasteiger partial charge in [0.1, 0.15) is 0 Å². The van der Waals surface area contributed by atoms with Crippen LogP contribution < -0.4 is 0 Å². The minimum atomic E-state index is -3.53. The predicted octanol–water partition coefficient (Wildman–Crippen LogP) is 0.226. The summed E-state index contributed by atoms with van der Waals surface area (Å²) in [6.45, 7) is 3.76. The van der Waals surface area contributed by atoms with Gasteiger partial charge in [-0.05, 0) is 6.42 Å². The van der Waals surface area contributed by atoms with Crippen LogP contribution in [-0.2, 0) is 15.0 Å². The first-order chi connectivity index (χ1) is 7.23. The van der Waals surface area contributed by atoms with Crippen molar-refractivity contribution in [2.75, 3.05) is 27.2 Å². The molecule has 0 bridgehead atoms. The summed E-state index contributed by atoms with van der Waals surface area (Å²) in [6, 6.07) is 0. The molecule has 0 spiro atoms. The van der Waals surface area contributed by atoms with Crippen LogP contribution in [0.15, 0.2) is 0 Å². The highest BCUT2D eigenvalue weighted by atomic mass is 32.2. The smallest absolute Gasteiger partial charge is 0.307 e. The van der Waals surface area contributed by atoms with E-state index in [1.54, 1.807) is 0 Å². The molecule has 0 aliphatic carbocycles. The highest BCUT2D eigenvalue weighted by Gasteiger charge is 2.26. The van der Waals surface area contributed by atoms with Crippen LogP contribution >= 0.6 is 0 Å². The monoisotopic (exact) mass is 252 g/mol. The second kappa shape index (κ2) is 6.17. The average molecular weight is 252 g/mol. The van der Waals surface area contributed by atoms with E-state index in [0.717, 1.165) is 10.7 Å². The van der Waals surface area contributed by atoms with Gasteiger partial charge < -0.3 is 5.11 Å². The fraction of sp³-hybridized carbons (Fsp3) is 0.889. The zero-order valence-electron chi connectivity index (χ0n) is 10.2. The molecule has 96 valence electrons. The molecule has 0 aromatic rings. The van der Waals surface area contributed by atoms with Crippen molar-refractivity contribution in [1.29, 1.82) is 0 Å². The maximum atomic E-state index is 11.8. The van der Waals surface area contributed by atoms with Gasteiger partial charge in [-0.3, -0.25) is 4.79 Å². The minimum Gasteiger partial charge on any atom is -0.481 e. The Morgan fingerprint density at radius 3 is 2.19 bits per heavy atom. The fourth-order valence-electron chi connectivity index (χ4n) is 1.23. The van der Waals surface area contributed by atoms with Crippen molar-refractivity contribution in [3.63, 3.8) is 0 Å². The van der Waals surface area contributed by atoms with Gasteiger partial charge in [0, 0.05) is 27.2 Å². The fourth-order valence-corrected chi connectivity index (χ4v) is 2.53. The molecule has 0 amide bonds. The predicted molar refractivity (Wildman–Crippen MR) is 61.3 cm³/mol. The van der Waals surface area contributed by atoms with Crippen LogP contribution in [0.5, 0.6) is 0 Å². The SMILES string of the molecule is CCCN(C)S(=O)(=O)N(C)CC(C)C(=O)O. The summed E-state index contributed by atoms with van der Waals surface area (Å²) in [6.07, 6.45) is 0.720. The third-order valence-electron chi connectivity index (χ3n) is 2.28. The van der Waals surface area contributed by atoms with E-state index in [0.29, 0.717) is 6.54 Å². The Bertz CT molecular complexity index is 328. The number of rotatable bonds is 7. The largest absolute Gasteiger partial charge is 0.481 e. The summed E-state index contributed by atoms with van der Waals surface area (Å²) in [5.74, 6) is -1.71. The Hall–Kier alpha value is -0.660. The average Bonchev–Trinajstić information content (AvgIpc) is 2.17. The Balaban J connectivity index is 4.58. The molecule has 7 heteroatoms. The number of hydrogen-bond acceptors (Lipinski definition) is 3. The molecule has 0 heterocycles. The van der Waals surface area contributed by atoms with E-state index in [1.807, 2.05) is 6.92 Å². The van der Waals surface area contributed by atoms with Gasteiger partial charge in [-0.25, -0.2) is 0 Å². The van der Waals surface area contributed by atoms with Gasteiger partial charge in [0.25, 0.3) is 10.2 Å². The second-order valence-electron chi connectivity index (χ2n) is 3.85. The molecule has 0 fully saturated rings. The van der Waals surface area contributed by atoms with E-state index in [1.165, 1.54) is 25.3 Å². The van der Waals surface area contributed by atoms with Gasteiger partial charge in [0.15, 0.2) is 0 Å². The van der Waals surface area contributed by atoms with Crippen molar-refractivity contribution in [2.24, 2.45) is 5.92 Å². The molecule has 0 radical (unpaired) electrons. The van der Waals surface area contributed by atoms with E-state index in [4.69, 9.17) is 5.11 Å².